The number of fused-ring (bicyclic) bond motifs is 2. The Morgan fingerprint density at radius 1 is 0.976 bits per heavy atom. The van der Waals surface area contributed by atoms with Gasteiger partial charge in [-0.05, 0) is 56.5 Å². The van der Waals surface area contributed by atoms with Gasteiger partial charge in [-0.3, -0.25) is 24.3 Å². The second kappa shape index (κ2) is 12.7. The minimum absolute atomic E-state index is 0.0100. The summed E-state index contributed by atoms with van der Waals surface area (Å²) in [5, 5.41) is 3.31. The van der Waals surface area contributed by atoms with Gasteiger partial charge in [0, 0.05) is 31.4 Å². The molecule has 0 spiro atoms. The molecular formula is C31H33N7O4. The number of unbranched alkanes of at least 4 members (excludes halogenated alkanes) is 3. The molecule has 0 aliphatic carbocycles. The van der Waals surface area contributed by atoms with E-state index in [1.54, 1.807) is 24.4 Å². The number of aryl methyl sites for hydroxylation is 2. The molecule has 2 aromatic heterocycles. The lowest BCUT2D eigenvalue weighted by Crippen LogP contribution is -2.47. The summed E-state index contributed by atoms with van der Waals surface area (Å²) in [5.41, 5.74) is 9.89. The monoisotopic (exact) mass is 567 g/mol. The predicted octanol–water partition coefficient (Wildman–Crippen LogP) is 3.90. The predicted molar refractivity (Wildman–Crippen MR) is 158 cm³/mol. The molecule has 0 saturated carbocycles. The number of amides is 3. The molecule has 1 aliphatic heterocycles. The van der Waals surface area contributed by atoms with Crippen molar-refractivity contribution in [3.63, 3.8) is 0 Å². The zero-order chi connectivity index (χ0) is 29.6. The number of carbonyl (C=O) groups is 4. The van der Waals surface area contributed by atoms with Gasteiger partial charge in [0.05, 0.1) is 28.4 Å². The second-order valence-corrected chi connectivity index (χ2v) is 10.4. The number of aldehydes is 1. The Hall–Kier alpha value is -4.93. The molecule has 0 saturated heterocycles. The summed E-state index contributed by atoms with van der Waals surface area (Å²) in [4.78, 5) is 63.2. The van der Waals surface area contributed by atoms with E-state index in [9.17, 15) is 19.2 Å². The van der Waals surface area contributed by atoms with Gasteiger partial charge in [-0.2, -0.15) is 0 Å². The number of anilines is 1. The zero-order valence-electron chi connectivity index (χ0n) is 23.5. The summed E-state index contributed by atoms with van der Waals surface area (Å²) in [6, 6.07) is 11.6. The molecular weight excluding hydrogens is 534 g/mol. The molecule has 0 fully saturated rings. The van der Waals surface area contributed by atoms with Crippen molar-refractivity contribution in [3.05, 3.63) is 71.8 Å². The largest absolute Gasteiger partial charge is 0.385 e. The average Bonchev–Trinajstić information content (AvgIpc) is 3.48. The van der Waals surface area contributed by atoms with Crippen LogP contribution in [0.1, 0.15) is 65.1 Å². The van der Waals surface area contributed by atoms with Crippen LogP contribution in [0.15, 0.2) is 54.9 Å². The first-order valence-electron chi connectivity index (χ1n) is 14.1. The number of para-hydroxylation sites is 2. The quantitative estimate of drug-likeness (QED) is 0.132. The lowest BCUT2D eigenvalue weighted by molar-refractivity contribution is -0.122. The maximum Gasteiger partial charge on any atom is 0.262 e. The first-order chi connectivity index (χ1) is 20.4. The number of benzene rings is 2. The number of aromatic nitrogens is 4. The lowest BCUT2D eigenvalue weighted by Gasteiger charge is -2.22. The molecule has 0 radical (unpaired) electrons. The molecule has 0 bridgehead atoms. The molecule has 42 heavy (non-hydrogen) atoms. The molecule has 2 aromatic carbocycles. The number of carbonyl (C=O) groups excluding carboxylic acids is 4. The molecule has 1 aliphatic rings. The van der Waals surface area contributed by atoms with Crippen LogP contribution in [0.4, 0.5) is 5.69 Å². The van der Waals surface area contributed by atoms with Gasteiger partial charge in [0.15, 0.2) is 0 Å². The van der Waals surface area contributed by atoms with E-state index < -0.39 is 23.8 Å². The van der Waals surface area contributed by atoms with Crippen molar-refractivity contribution >= 4 is 40.7 Å². The van der Waals surface area contributed by atoms with Crippen molar-refractivity contribution in [2.24, 2.45) is 5.73 Å². The number of nitrogens with two attached hydrogens (primary N) is 1. The van der Waals surface area contributed by atoms with E-state index in [1.807, 2.05) is 37.4 Å². The SMILES string of the molecule is Cc1nc(-c2cnc3ccccc3n2)cn1CCCCCCNc1ccc2c(c1)C(=O)N(C(CCC=O)C(N)=O)C2=O. The summed E-state index contributed by atoms with van der Waals surface area (Å²) in [7, 11) is 0. The Labute approximate surface area is 243 Å². The van der Waals surface area contributed by atoms with E-state index >= 15 is 0 Å². The number of primary amides is 1. The molecule has 1 atom stereocenters. The maximum absolute atomic E-state index is 13.0. The fourth-order valence-electron chi connectivity index (χ4n) is 5.21. The van der Waals surface area contributed by atoms with Gasteiger partial charge in [-0.25, -0.2) is 9.97 Å². The van der Waals surface area contributed by atoms with Crippen LogP contribution in [-0.2, 0) is 16.1 Å². The van der Waals surface area contributed by atoms with Gasteiger partial charge in [0.2, 0.25) is 5.91 Å². The third-order valence-corrected chi connectivity index (χ3v) is 7.46. The van der Waals surface area contributed by atoms with Crippen molar-refractivity contribution in [2.45, 2.75) is 58.0 Å². The summed E-state index contributed by atoms with van der Waals surface area (Å²) in [6.07, 6.45) is 8.48. The fraction of sp³-hybridized carbons (Fsp3) is 0.323. The Bertz CT molecular complexity index is 1650. The van der Waals surface area contributed by atoms with Crippen LogP contribution in [0.3, 0.4) is 0 Å². The molecule has 11 nitrogen and oxygen atoms in total. The highest BCUT2D eigenvalue weighted by Crippen LogP contribution is 2.28. The molecule has 3 N–H and O–H groups in total. The van der Waals surface area contributed by atoms with Crippen molar-refractivity contribution in [1.82, 2.24) is 24.4 Å². The van der Waals surface area contributed by atoms with Crippen molar-refractivity contribution in [3.8, 4) is 11.4 Å². The van der Waals surface area contributed by atoms with E-state index in [2.05, 4.69) is 19.9 Å². The third kappa shape index (κ3) is 6.04. The average molecular weight is 568 g/mol. The van der Waals surface area contributed by atoms with Crippen molar-refractivity contribution in [2.75, 3.05) is 11.9 Å². The number of imidazole rings is 1. The van der Waals surface area contributed by atoms with E-state index in [0.717, 1.165) is 71.1 Å². The topological polar surface area (TPSA) is 153 Å². The molecule has 5 rings (SSSR count). The lowest BCUT2D eigenvalue weighted by atomic mass is 10.1. The number of nitrogens with one attached hydrogen (secondary N) is 1. The van der Waals surface area contributed by atoms with Gasteiger partial charge in [0.1, 0.15) is 29.5 Å². The number of nitrogens with zero attached hydrogens (tertiary/aromatic N) is 5. The Balaban J connectivity index is 1.08. The molecule has 4 aromatic rings. The molecule has 3 heterocycles. The van der Waals surface area contributed by atoms with E-state index in [-0.39, 0.29) is 24.0 Å². The van der Waals surface area contributed by atoms with Crippen LogP contribution in [0.5, 0.6) is 0 Å². The van der Waals surface area contributed by atoms with Crippen LogP contribution in [0.25, 0.3) is 22.4 Å². The third-order valence-electron chi connectivity index (χ3n) is 7.46. The number of imide groups is 1. The van der Waals surface area contributed by atoms with Crippen LogP contribution >= 0.6 is 0 Å². The van der Waals surface area contributed by atoms with Gasteiger partial charge < -0.3 is 20.4 Å². The van der Waals surface area contributed by atoms with Gasteiger partial charge in [-0.15, -0.1) is 0 Å². The van der Waals surface area contributed by atoms with E-state index in [0.29, 0.717) is 12.8 Å². The van der Waals surface area contributed by atoms with Gasteiger partial charge >= 0.3 is 0 Å². The summed E-state index contributed by atoms with van der Waals surface area (Å²) >= 11 is 0. The number of hydrogen-bond acceptors (Lipinski definition) is 8. The Morgan fingerprint density at radius 3 is 2.52 bits per heavy atom. The Kier molecular flexibility index (Phi) is 8.66. The number of rotatable bonds is 14. The standard InChI is InChI=1S/C31H33N7O4/c1-20-35-27(26-18-34-24-9-4-5-10-25(24)36-26)19-37(20)15-7-3-2-6-14-33-21-12-13-22-23(17-21)31(42)38(30(22)41)28(29(32)40)11-8-16-39/h4-5,9-10,12-13,16-19,28,33H,2-3,6-8,11,14-15H2,1H3,(H2,32,40). The zero-order valence-corrected chi connectivity index (χ0v) is 23.5. The minimum atomic E-state index is -1.15. The highest BCUT2D eigenvalue weighted by molar-refractivity contribution is 6.23. The molecule has 216 valence electrons. The van der Waals surface area contributed by atoms with Crippen LogP contribution in [0.2, 0.25) is 0 Å². The Morgan fingerprint density at radius 2 is 1.74 bits per heavy atom. The van der Waals surface area contributed by atoms with Crippen molar-refractivity contribution < 1.29 is 19.2 Å². The summed E-state index contributed by atoms with van der Waals surface area (Å²) in [6.45, 7) is 3.57. The minimum Gasteiger partial charge on any atom is -0.385 e. The smallest absolute Gasteiger partial charge is 0.262 e. The fourth-order valence-corrected chi connectivity index (χ4v) is 5.21. The highest BCUT2D eigenvalue weighted by Gasteiger charge is 2.42. The van der Waals surface area contributed by atoms with Gasteiger partial charge in [0.25, 0.3) is 11.8 Å². The molecule has 11 heteroatoms. The van der Waals surface area contributed by atoms with E-state index in [4.69, 9.17) is 10.7 Å². The first-order valence-corrected chi connectivity index (χ1v) is 14.1. The van der Waals surface area contributed by atoms with Crippen LogP contribution in [-0.4, -0.2) is 61.0 Å². The van der Waals surface area contributed by atoms with Crippen molar-refractivity contribution in [1.29, 1.82) is 0 Å². The molecule has 3 amide bonds. The number of hydrogen-bond donors (Lipinski definition) is 2. The summed E-state index contributed by atoms with van der Waals surface area (Å²) < 4.78 is 2.15. The second-order valence-electron chi connectivity index (χ2n) is 10.4. The molecule has 1 unspecified atom stereocenters. The summed E-state index contributed by atoms with van der Waals surface area (Å²) in [5.74, 6) is -1.01. The van der Waals surface area contributed by atoms with Crippen LogP contribution < -0.4 is 11.1 Å². The first kappa shape index (κ1) is 28.6. The van der Waals surface area contributed by atoms with Gasteiger partial charge in [-0.1, -0.05) is 25.0 Å². The van der Waals surface area contributed by atoms with Crippen LogP contribution in [0, 0.1) is 6.92 Å². The highest BCUT2D eigenvalue weighted by atomic mass is 16.2. The normalized spacial score (nSPS) is 13.4. The van der Waals surface area contributed by atoms with E-state index in [1.165, 1.54) is 0 Å². The maximum atomic E-state index is 13.0.